The predicted molar refractivity (Wildman–Crippen MR) is 109 cm³/mol. The van der Waals surface area contributed by atoms with Crippen LogP contribution in [0.15, 0.2) is 72.8 Å². The Bertz CT molecular complexity index is 1280. The molecule has 5 aromatic rings. The van der Waals surface area contributed by atoms with E-state index in [1.807, 2.05) is 54.1 Å². The van der Waals surface area contributed by atoms with Crippen molar-refractivity contribution >= 4 is 21.8 Å². The van der Waals surface area contributed by atoms with Crippen molar-refractivity contribution in [3.63, 3.8) is 0 Å². The van der Waals surface area contributed by atoms with Gasteiger partial charge in [0.25, 0.3) is 0 Å². The number of benzene rings is 3. The number of H-pyrrole nitrogens is 1. The zero-order valence-electron chi connectivity index (χ0n) is 15.2. The fraction of sp³-hybridized carbons (Fsp3) is 0.0870. The Morgan fingerprint density at radius 1 is 0.778 bits per heavy atom. The molecule has 3 aromatic carbocycles. The second kappa shape index (κ2) is 6.02. The molecule has 1 N–H and O–H groups in total. The Hall–Kier alpha value is -3.53. The third-order valence-electron chi connectivity index (χ3n) is 4.79. The Labute approximate surface area is 157 Å². The average molecular weight is 353 g/mol. The van der Waals surface area contributed by atoms with Crippen molar-refractivity contribution in [3.05, 3.63) is 84.2 Å². The third-order valence-corrected chi connectivity index (χ3v) is 4.79. The smallest absolute Gasteiger partial charge is 0.129 e. The van der Waals surface area contributed by atoms with Gasteiger partial charge in [-0.2, -0.15) is 5.10 Å². The lowest BCUT2D eigenvalue weighted by molar-refractivity contribution is 0.483. The summed E-state index contributed by atoms with van der Waals surface area (Å²) in [4.78, 5) is 3.46. The van der Waals surface area contributed by atoms with Crippen LogP contribution in [-0.4, -0.2) is 14.8 Å². The topological polar surface area (TPSA) is 42.8 Å². The van der Waals surface area contributed by atoms with Gasteiger partial charge in [-0.25, -0.2) is 4.68 Å². The highest BCUT2D eigenvalue weighted by molar-refractivity contribution is 6.07. The lowest BCUT2D eigenvalue weighted by Crippen LogP contribution is -1.99. The molecule has 4 heteroatoms. The van der Waals surface area contributed by atoms with Crippen LogP contribution in [0.4, 0.5) is 0 Å². The molecule has 2 heterocycles. The molecule has 0 aliphatic carbocycles. The van der Waals surface area contributed by atoms with Crippen LogP contribution in [0.25, 0.3) is 27.5 Å². The minimum Gasteiger partial charge on any atom is -0.457 e. The first-order valence-corrected chi connectivity index (χ1v) is 8.99. The van der Waals surface area contributed by atoms with Gasteiger partial charge in [-0.1, -0.05) is 24.3 Å². The number of aromatic nitrogens is 3. The van der Waals surface area contributed by atoms with E-state index in [9.17, 15) is 0 Å². The van der Waals surface area contributed by atoms with Gasteiger partial charge in [-0.3, -0.25) is 0 Å². The number of nitrogens with zero attached hydrogens (tertiary/aromatic N) is 2. The van der Waals surface area contributed by atoms with Crippen LogP contribution in [0.1, 0.15) is 11.4 Å². The summed E-state index contributed by atoms with van der Waals surface area (Å²) in [5, 5.41) is 6.98. The highest BCUT2D eigenvalue weighted by atomic mass is 16.5. The average Bonchev–Trinajstić information content (AvgIpc) is 3.20. The molecule has 0 atom stereocenters. The molecule has 0 saturated carbocycles. The van der Waals surface area contributed by atoms with E-state index < -0.39 is 0 Å². The van der Waals surface area contributed by atoms with Gasteiger partial charge in [0, 0.05) is 34.1 Å². The molecule has 0 unspecified atom stereocenters. The number of rotatable bonds is 3. The largest absolute Gasteiger partial charge is 0.457 e. The first-order chi connectivity index (χ1) is 13.2. The van der Waals surface area contributed by atoms with Gasteiger partial charge in [0.2, 0.25) is 0 Å². The molecule has 0 amide bonds. The summed E-state index contributed by atoms with van der Waals surface area (Å²) in [6.45, 7) is 4.05. The molecule has 0 saturated heterocycles. The van der Waals surface area contributed by atoms with Crippen LogP contribution < -0.4 is 4.74 Å². The molecular weight excluding hydrogens is 334 g/mol. The summed E-state index contributed by atoms with van der Waals surface area (Å²) in [7, 11) is 0. The van der Waals surface area contributed by atoms with E-state index in [1.54, 1.807) is 0 Å². The molecule has 0 aliphatic rings. The fourth-order valence-electron chi connectivity index (χ4n) is 3.60. The van der Waals surface area contributed by atoms with Crippen molar-refractivity contribution < 1.29 is 4.74 Å². The highest BCUT2D eigenvalue weighted by Gasteiger charge is 2.08. The lowest BCUT2D eigenvalue weighted by atomic mass is 10.1. The number of hydrogen-bond acceptors (Lipinski definition) is 2. The van der Waals surface area contributed by atoms with Crippen molar-refractivity contribution in [2.45, 2.75) is 13.8 Å². The van der Waals surface area contributed by atoms with Crippen molar-refractivity contribution in [1.82, 2.24) is 14.8 Å². The SMILES string of the molecule is Cc1cc(C)n(-c2cccc(Oc3ccc4c(c3)[nH]c3ccccc34)c2)n1. The Balaban J connectivity index is 1.50. The first kappa shape index (κ1) is 15.7. The van der Waals surface area contributed by atoms with Crippen LogP contribution in [0, 0.1) is 13.8 Å². The van der Waals surface area contributed by atoms with Gasteiger partial charge in [0.05, 0.1) is 16.9 Å². The van der Waals surface area contributed by atoms with Crippen LogP contribution in [0.2, 0.25) is 0 Å². The highest BCUT2D eigenvalue weighted by Crippen LogP contribution is 2.31. The summed E-state index contributed by atoms with van der Waals surface area (Å²) >= 11 is 0. The maximum absolute atomic E-state index is 6.13. The first-order valence-electron chi connectivity index (χ1n) is 8.99. The minimum absolute atomic E-state index is 0.788. The number of nitrogens with one attached hydrogen (secondary N) is 1. The molecule has 0 radical (unpaired) electrons. The van der Waals surface area contributed by atoms with Crippen LogP contribution in [0.5, 0.6) is 11.5 Å². The quantitative estimate of drug-likeness (QED) is 0.438. The molecule has 0 aliphatic heterocycles. The third kappa shape index (κ3) is 2.75. The normalized spacial score (nSPS) is 11.3. The van der Waals surface area contributed by atoms with E-state index in [0.29, 0.717) is 0 Å². The van der Waals surface area contributed by atoms with Gasteiger partial charge < -0.3 is 9.72 Å². The van der Waals surface area contributed by atoms with Crippen LogP contribution in [-0.2, 0) is 0 Å². The molecule has 0 spiro atoms. The fourth-order valence-corrected chi connectivity index (χ4v) is 3.60. The zero-order valence-corrected chi connectivity index (χ0v) is 15.2. The van der Waals surface area contributed by atoms with Crippen molar-refractivity contribution in [3.8, 4) is 17.2 Å². The van der Waals surface area contributed by atoms with E-state index in [2.05, 4.69) is 47.3 Å². The zero-order chi connectivity index (χ0) is 18.4. The predicted octanol–water partition coefficient (Wildman–Crippen LogP) is 5.92. The van der Waals surface area contributed by atoms with E-state index in [0.717, 1.165) is 39.6 Å². The minimum atomic E-state index is 0.788. The number of hydrogen-bond donors (Lipinski definition) is 1. The van der Waals surface area contributed by atoms with Crippen LogP contribution in [0.3, 0.4) is 0 Å². The summed E-state index contributed by atoms with van der Waals surface area (Å²) in [6, 6.07) is 24.6. The standard InChI is InChI=1S/C23H19N3O/c1-15-12-16(2)26(25-15)17-6-5-7-18(13-17)27-19-10-11-21-20-8-3-4-9-22(20)24-23(21)14-19/h3-14,24H,1-2H3. The van der Waals surface area contributed by atoms with Crippen molar-refractivity contribution in [2.75, 3.05) is 0 Å². The van der Waals surface area contributed by atoms with E-state index >= 15 is 0 Å². The molecule has 4 nitrogen and oxygen atoms in total. The molecule has 5 rings (SSSR count). The van der Waals surface area contributed by atoms with Crippen LogP contribution >= 0.6 is 0 Å². The van der Waals surface area contributed by atoms with Gasteiger partial charge in [0.1, 0.15) is 11.5 Å². The maximum Gasteiger partial charge on any atom is 0.129 e. The molecular formula is C23H19N3O. The summed E-state index contributed by atoms with van der Waals surface area (Å²) in [5.41, 5.74) is 5.30. The Morgan fingerprint density at radius 3 is 2.44 bits per heavy atom. The van der Waals surface area contributed by atoms with E-state index in [1.165, 1.54) is 10.8 Å². The lowest BCUT2D eigenvalue weighted by Gasteiger charge is -2.09. The summed E-state index contributed by atoms with van der Waals surface area (Å²) < 4.78 is 8.06. The number of para-hydroxylation sites is 1. The van der Waals surface area contributed by atoms with Gasteiger partial charge in [-0.15, -0.1) is 0 Å². The second-order valence-corrected chi connectivity index (χ2v) is 6.82. The second-order valence-electron chi connectivity index (χ2n) is 6.82. The van der Waals surface area contributed by atoms with Crippen molar-refractivity contribution in [2.24, 2.45) is 0 Å². The van der Waals surface area contributed by atoms with E-state index in [-0.39, 0.29) is 0 Å². The van der Waals surface area contributed by atoms with Crippen molar-refractivity contribution in [1.29, 1.82) is 0 Å². The number of ether oxygens (including phenoxy) is 1. The van der Waals surface area contributed by atoms with E-state index in [4.69, 9.17) is 4.74 Å². The molecule has 2 aromatic heterocycles. The molecule has 27 heavy (non-hydrogen) atoms. The maximum atomic E-state index is 6.13. The molecule has 0 bridgehead atoms. The summed E-state index contributed by atoms with van der Waals surface area (Å²) in [6.07, 6.45) is 0. The number of aryl methyl sites for hydroxylation is 2. The number of aromatic amines is 1. The summed E-state index contributed by atoms with van der Waals surface area (Å²) in [5.74, 6) is 1.59. The molecule has 0 fully saturated rings. The number of fused-ring (bicyclic) bond motifs is 3. The molecule has 132 valence electrons. The van der Waals surface area contributed by atoms with Gasteiger partial charge >= 0.3 is 0 Å². The van der Waals surface area contributed by atoms with Gasteiger partial charge in [-0.05, 0) is 50.2 Å². The van der Waals surface area contributed by atoms with Gasteiger partial charge in [0.15, 0.2) is 0 Å². The Morgan fingerprint density at radius 2 is 1.59 bits per heavy atom. The Kier molecular flexibility index (Phi) is 3.50. The monoisotopic (exact) mass is 353 g/mol.